The summed E-state index contributed by atoms with van der Waals surface area (Å²) in [4.78, 5) is 19.4. The number of nitrogens with two attached hydrogens (primary N) is 1. The summed E-state index contributed by atoms with van der Waals surface area (Å²) < 4.78 is 9.73. The Bertz CT molecular complexity index is 1240. The highest BCUT2D eigenvalue weighted by atomic mass is 31.1. The molecule has 1 heterocycles. The molecule has 0 bridgehead atoms. The molecule has 35 heavy (non-hydrogen) atoms. The van der Waals surface area contributed by atoms with Crippen molar-refractivity contribution in [1.29, 1.82) is 0 Å². The third-order valence-corrected chi connectivity index (χ3v) is 4.98. The van der Waals surface area contributed by atoms with Crippen molar-refractivity contribution in [2.75, 3.05) is 19.0 Å². The van der Waals surface area contributed by atoms with Crippen molar-refractivity contribution >= 4 is 36.9 Å². The van der Waals surface area contributed by atoms with E-state index in [0.29, 0.717) is 20.4 Å². The number of nitro benzene ring substituents is 2. The first-order valence-electron chi connectivity index (χ1n) is 10.2. The van der Waals surface area contributed by atoms with E-state index >= 15 is 0 Å². The van der Waals surface area contributed by atoms with Gasteiger partial charge in [0.2, 0.25) is 5.52 Å². The van der Waals surface area contributed by atoms with Gasteiger partial charge < -0.3 is 15.4 Å². The van der Waals surface area contributed by atoms with E-state index in [1.165, 1.54) is 42.0 Å². The predicted octanol–water partition coefficient (Wildman–Crippen LogP) is 5.04. The molecule has 0 radical (unpaired) electrons. The number of nitrogens with zero attached hydrogens (tertiary/aromatic N) is 4. The second-order valence-electron chi connectivity index (χ2n) is 6.99. The van der Waals surface area contributed by atoms with E-state index in [4.69, 9.17) is 15.4 Å². The van der Waals surface area contributed by atoms with E-state index in [0.717, 1.165) is 6.61 Å². The van der Waals surface area contributed by atoms with Gasteiger partial charge in [-0.05, 0) is 40.7 Å². The number of benzene rings is 3. The molecule has 12 nitrogen and oxygen atoms in total. The Morgan fingerprint density at radius 2 is 1.63 bits per heavy atom. The molecule has 4 aromatic rings. The average molecular weight is 501 g/mol. The van der Waals surface area contributed by atoms with Crippen LogP contribution in [0.2, 0.25) is 0 Å². The first kappa shape index (κ1) is 27.1. The summed E-state index contributed by atoms with van der Waals surface area (Å²) in [6.07, 6.45) is 0. The molecule has 13 heteroatoms. The van der Waals surface area contributed by atoms with Gasteiger partial charge in [0, 0.05) is 32.9 Å². The highest BCUT2D eigenvalue weighted by molar-refractivity contribution is 7.31. The highest BCUT2D eigenvalue weighted by Crippen LogP contribution is 2.26. The lowest BCUT2D eigenvalue weighted by atomic mass is 10.0. The van der Waals surface area contributed by atoms with Crippen LogP contribution in [-0.4, -0.2) is 38.5 Å². The first-order valence-corrected chi connectivity index (χ1v) is 11.6. The summed E-state index contributed by atoms with van der Waals surface area (Å²) >= 11 is 0. The fourth-order valence-corrected chi connectivity index (χ4v) is 3.10. The number of hydrogen-bond acceptors (Lipinski definition) is 10. The Kier molecular flexibility index (Phi) is 10.5. The number of anilines is 1. The van der Waals surface area contributed by atoms with Crippen LogP contribution in [0.25, 0.3) is 11.0 Å². The molecule has 0 aliphatic heterocycles. The topological polar surface area (TPSA) is 181 Å². The molecular formula is C22H24N5O7P. The van der Waals surface area contributed by atoms with Crippen LogP contribution in [0.15, 0.2) is 71.4 Å². The van der Waals surface area contributed by atoms with Crippen LogP contribution in [0.5, 0.6) is 5.75 Å². The van der Waals surface area contributed by atoms with Gasteiger partial charge in [-0.25, -0.2) is 4.63 Å². The lowest BCUT2D eigenvalue weighted by molar-refractivity contribution is -0.384. The summed E-state index contributed by atoms with van der Waals surface area (Å²) in [5.74, 6) is 0.546. The number of aromatic nitrogens is 2. The third kappa shape index (κ3) is 8.29. The third-order valence-electron chi connectivity index (χ3n) is 4.53. The molecule has 184 valence electrons. The summed E-state index contributed by atoms with van der Waals surface area (Å²) in [6, 6.07) is 18.2. The number of nitro groups is 2. The Hall–Kier alpha value is -4.15. The molecule has 3 aromatic carbocycles. The Labute approximate surface area is 201 Å². The number of nitrogen functional groups attached to an aromatic ring is 1. The summed E-state index contributed by atoms with van der Waals surface area (Å²) in [5.41, 5.74) is 7.26. The average Bonchev–Trinajstić information content (AvgIpc) is 3.35. The molecule has 0 amide bonds. The number of phenolic OH excluding ortho intramolecular Hbond substituents is 1. The maximum Gasteiger partial charge on any atom is 0.300 e. The van der Waals surface area contributed by atoms with Gasteiger partial charge in [-0.3, -0.25) is 20.2 Å². The molecule has 0 fully saturated rings. The van der Waals surface area contributed by atoms with Crippen molar-refractivity contribution in [2.24, 2.45) is 0 Å². The molecule has 0 saturated heterocycles. The van der Waals surface area contributed by atoms with Crippen LogP contribution < -0.4 is 5.73 Å². The quantitative estimate of drug-likeness (QED) is 0.157. The molecule has 1 aromatic heterocycles. The summed E-state index contributed by atoms with van der Waals surface area (Å²) in [7, 11) is 0.595. The zero-order valence-corrected chi connectivity index (χ0v) is 19.9. The minimum atomic E-state index is -0.564. The van der Waals surface area contributed by atoms with Crippen LogP contribution in [-0.2, 0) is 4.52 Å². The Balaban J connectivity index is 0.000000187. The zero-order chi connectivity index (χ0) is 25.8. The zero-order valence-electron chi connectivity index (χ0n) is 18.9. The number of rotatable bonds is 6. The minimum absolute atomic E-state index is 0.0159. The number of hydrogen-bond donors (Lipinski definition) is 2. The monoisotopic (exact) mass is 501 g/mol. The van der Waals surface area contributed by atoms with Crippen LogP contribution >= 0.6 is 8.81 Å². The van der Waals surface area contributed by atoms with Crippen molar-refractivity contribution < 1.29 is 24.1 Å². The number of aromatic hydroxyl groups is 1. The van der Waals surface area contributed by atoms with Gasteiger partial charge in [0.15, 0.2) is 5.52 Å². The number of non-ortho nitro benzene ring substituents is 2. The summed E-state index contributed by atoms with van der Waals surface area (Å²) in [5, 5.41) is 36.1. The van der Waals surface area contributed by atoms with Gasteiger partial charge in [-0.15, -0.1) is 0 Å². The smallest absolute Gasteiger partial charge is 0.300 e. The fraction of sp³-hybridized carbons (Fsp3) is 0.182. The molecule has 2 atom stereocenters. The molecule has 0 aliphatic carbocycles. The van der Waals surface area contributed by atoms with Gasteiger partial charge in [0.25, 0.3) is 5.69 Å². The van der Waals surface area contributed by atoms with Crippen molar-refractivity contribution in [3.8, 4) is 5.75 Å². The van der Waals surface area contributed by atoms with Crippen molar-refractivity contribution in [1.82, 2.24) is 10.3 Å². The van der Waals surface area contributed by atoms with E-state index in [1.54, 1.807) is 0 Å². The van der Waals surface area contributed by atoms with E-state index < -0.39 is 9.85 Å². The van der Waals surface area contributed by atoms with Crippen LogP contribution in [0.1, 0.15) is 18.4 Å². The molecule has 0 saturated carbocycles. The van der Waals surface area contributed by atoms with Gasteiger partial charge >= 0.3 is 5.69 Å². The van der Waals surface area contributed by atoms with Gasteiger partial charge in [0.05, 0.1) is 22.1 Å². The van der Waals surface area contributed by atoms with E-state index in [1.807, 2.05) is 6.07 Å². The second kappa shape index (κ2) is 13.5. The van der Waals surface area contributed by atoms with Crippen LogP contribution in [0, 0.1) is 20.2 Å². The summed E-state index contributed by atoms with van der Waals surface area (Å²) in [6.45, 7) is 5.08. The SMILES string of the molecule is CPOCC(C)c1ccccc1.Nc1ccc([N+](=O)[O-])c2nonc12.O=[N+]([O-])c1ccc(O)cc1. The maximum absolute atomic E-state index is 10.5. The lowest BCUT2D eigenvalue weighted by Gasteiger charge is -2.10. The fourth-order valence-electron chi connectivity index (χ4n) is 2.68. The van der Waals surface area contributed by atoms with Crippen molar-refractivity contribution in [3.63, 3.8) is 0 Å². The van der Waals surface area contributed by atoms with Crippen molar-refractivity contribution in [3.05, 3.63) is 92.5 Å². The Morgan fingerprint density at radius 3 is 2.20 bits per heavy atom. The van der Waals surface area contributed by atoms with Crippen LogP contribution in [0.3, 0.4) is 0 Å². The Morgan fingerprint density at radius 1 is 1.00 bits per heavy atom. The normalized spacial score (nSPS) is 11.3. The van der Waals surface area contributed by atoms with E-state index in [9.17, 15) is 20.2 Å². The molecule has 3 N–H and O–H groups in total. The standard InChI is InChI=1S/C10H15OP.C6H4N4O3.C6H5NO3/c1-9(8-11-12-2)10-6-4-3-5-7-10;7-3-1-2-4(10(11)12)6-5(3)8-13-9-6;8-6-3-1-5(2-4-6)7(9)10/h3-7,9,12H,8H2,1-2H3;1-2H,7H2;1-4,8H. The molecular weight excluding hydrogens is 477 g/mol. The maximum atomic E-state index is 10.5. The van der Waals surface area contributed by atoms with E-state index in [-0.39, 0.29) is 28.2 Å². The van der Waals surface area contributed by atoms with Gasteiger partial charge in [0.1, 0.15) is 5.75 Å². The predicted molar refractivity (Wildman–Crippen MR) is 133 cm³/mol. The second-order valence-corrected chi connectivity index (χ2v) is 7.69. The molecule has 0 aliphatic rings. The van der Waals surface area contributed by atoms with Gasteiger partial charge in [-0.2, -0.15) is 0 Å². The van der Waals surface area contributed by atoms with Gasteiger partial charge in [-0.1, -0.05) is 37.3 Å². The highest BCUT2D eigenvalue weighted by Gasteiger charge is 2.17. The first-order chi connectivity index (χ1) is 16.7. The number of phenols is 1. The van der Waals surface area contributed by atoms with Crippen LogP contribution in [0.4, 0.5) is 17.1 Å². The molecule has 2 unspecified atom stereocenters. The largest absolute Gasteiger partial charge is 0.508 e. The lowest BCUT2D eigenvalue weighted by Crippen LogP contribution is -1.99. The molecule has 4 rings (SSSR count). The van der Waals surface area contributed by atoms with Crippen molar-refractivity contribution in [2.45, 2.75) is 12.8 Å². The molecule has 0 spiro atoms. The number of fused-ring (bicyclic) bond motifs is 1. The van der Waals surface area contributed by atoms with E-state index in [2.05, 4.69) is 52.8 Å². The minimum Gasteiger partial charge on any atom is -0.508 e.